The van der Waals surface area contributed by atoms with E-state index in [-0.39, 0.29) is 90.0 Å². The molecule has 0 N–H and O–H groups in total. The Balaban J connectivity index is 0. The van der Waals surface area contributed by atoms with Crippen LogP contribution in [0.2, 0.25) is 0 Å². The first-order valence-corrected chi connectivity index (χ1v) is 0. The van der Waals surface area contributed by atoms with E-state index in [1.807, 2.05) is 0 Å². The predicted molar refractivity (Wildman–Crippen MR) is 5.75 cm³/mol. The Hall–Kier alpha value is 2.79. The van der Waals surface area contributed by atoms with E-state index >= 15 is 0 Å². The van der Waals surface area contributed by atoms with Gasteiger partial charge in [-0.25, -0.2) is 0 Å². The molecule has 0 amide bonds. The average Bonchev–Trinajstić information content (AvgIpc) is 0. The van der Waals surface area contributed by atoms with Crippen LogP contribution in [0.1, 0.15) is 0 Å². The maximum atomic E-state index is 0. The van der Waals surface area contributed by atoms with E-state index in [1.165, 1.54) is 0 Å². The minimum Gasteiger partial charge on any atom is 0 e. The van der Waals surface area contributed by atoms with Gasteiger partial charge in [-0.3, -0.25) is 0 Å². The summed E-state index contributed by atoms with van der Waals surface area (Å²) in [6.45, 7) is 0. The van der Waals surface area contributed by atoms with Crippen LogP contribution in [0.3, 0.4) is 0 Å². The van der Waals surface area contributed by atoms with E-state index in [2.05, 4.69) is 0 Å². The van der Waals surface area contributed by atoms with Gasteiger partial charge in [0.1, 0.15) is 0 Å². The normalized spacial score (nSPS) is 0. The summed E-state index contributed by atoms with van der Waals surface area (Å²) in [5, 5.41) is 0. The van der Waals surface area contributed by atoms with Gasteiger partial charge >= 0.3 is 0 Å². The van der Waals surface area contributed by atoms with Crippen LogP contribution in [0.25, 0.3) is 0 Å². The molecule has 0 atom stereocenters. The van der Waals surface area contributed by atoms with Crippen molar-refractivity contribution in [1.82, 2.24) is 0 Å². The van der Waals surface area contributed by atoms with Gasteiger partial charge in [-0.15, -0.1) is 0 Å². The van der Waals surface area contributed by atoms with Crippen LogP contribution in [-0.4, -0.2) is 17.4 Å². The van der Waals surface area contributed by atoms with Crippen molar-refractivity contribution in [1.29, 1.82) is 0 Å². The SMILES string of the molecule is [Al].[Cr].[Fe].[Ni].[Ti]. The largest absolute Gasteiger partial charge is 0 e. The molecule has 0 saturated carbocycles. The molecule has 0 spiro atoms. The number of rotatable bonds is 0. The van der Waals surface area contributed by atoms with Crippen molar-refractivity contribution in [2.75, 3.05) is 0 Å². The van der Waals surface area contributed by atoms with Crippen molar-refractivity contribution in [3.63, 3.8) is 0 Å². The third-order valence-corrected chi connectivity index (χ3v) is 0. The van der Waals surface area contributed by atoms with E-state index in [4.69, 9.17) is 0 Å². The molecule has 0 aliphatic carbocycles. The van der Waals surface area contributed by atoms with Gasteiger partial charge in [0.15, 0.2) is 0 Å². The molecule has 5 heteroatoms. The van der Waals surface area contributed by atoms with Gasteiger partial charge in [-0.2, -0.15) is 0 Å². The van der Waals surface area contributed by atoms with E-state index < -0.39 is 0 Å². The zero-order valence-electron chi connectivity index (χ0n) is 2.16. The van der Waals surface area contributed by atoms with Crippen LogP contribution in [-0.2, 0) is 72.6 Å². The van der Waals surface area contributed by atoms with Crippen molar-refractivity contribution in [3.8, 4) is 0 Å². The van der Waals surface area contributed by atoms with E-state index in [1.54, 1.807) is 0 Å². The molecular weight excluding hydrogens is 241 g/mol. The molecule has 0 aliphatic heterocycles. The summed E-state index contributed by atoms with van der Waals surface area (Å²) in [6, 6.07) is 0. The molecule has 3 radical (unpaired) electrons. The Kier molecular flexibility index (Phi) is 270. The van der Waals surface area contributed by atoms with Crippen molar-refractivity contribution in [3.05, 3.63) is 0 Å². The zero-order chi connectivity index (χ0) is 0. The van der Waals surface area contributed by atoms with Crippen LogP contribution in [0.4, 0.5) is 0 Å². The molecule has 0 bridgehead atoms. The summed E-state index contributed by atoms with van der Waals surface area (Å²) in [6.07, 6.45) is 0. The second-order valence-electron chi connectivity index (χ2n) is 0. The van der Waals surface area contributed by atoms with Gasteiger partial charge in [-0.05, 0) is 0 Å². The molecule has 0 aromatic heterocycles. The summed E-state index contributed by atoms with van der Waals surface area (Å²) >= 11 is 0. The van der Waals surface area contributed by atoms with Gasteiger partial charge in [0, 0.05) is 90.0 Å². The summed E-state index contributed by atoms with van der Waals surface area (Å²) < 4.78 is 0. The first-order valence-electron chi connectivity index (χ1n) is 0. The zero-order valence-corrected chi connectivity index (χ0v) is 8.24. The molecule has 0 nitrogen and oxygen atoms in total. The fourth-order valence-corrected chi connectivity index (χ4v) is 0. The Morgan fingerprint density at radius 1 is 1.00 bits per heavy atom. The van der Waals surface area contributed by atoms with E-state index in [0.29, 0.717) is 0 Å². The molecule has 5 heavy (non-hydrogen) atoms. The maximum Gasteiger partial charge on any atom is 0 e. The molecule has 0 unspecified atom stereocenters. The third-order valence-electron chi connectivity index (χ3n) is 0. The van der Waals surface area contributed by atoms with Crippen LogP contribution < -0.4 is 0 Å². The van der Waals surface area contributed by atoms with Gasteiger partial charge in [0.25, 0.3) is 0 Å². The minimum absolute atomic E-state index is 0. The maximum absolute atomic E-state index is 0. The summed E-state index contributed by atoms with van der Waals surface area (Å²) in [5.41, 5.74) is 0. The minimum atomic E-state index is 0. The van der Waals surface area contributed by atoms with Crippen LogP contribution in [0, 0.1) is 0 Å². The first-order chi connectivity index (χ1) is 0. The Labute approximate surface area is 88.8 Å². The molecule has 0 fully saturated rings. The molecule has 0 aromatic carbocycles. The van der Waals surface area contributed by atoms with Crippen LogP contribution >= 0.6 is 0 Å². The predicted octanol–water partition coefficient (Wildman–Crippen LogP) is -0.391. The Morgan fingerprint density at radius 2 is 1.00 bits per heavy atom. The molecule has 0 aromatic rings. The van der Waals surface area contributed by atoms with Crippen molar-refractivity contribution in [2.45, 2.75) is 0 Å². The fourth-order valence-electron chi connectivity index (χ4n) is 0. The van der Waals surface area contributed by atoms with Gasteiger partial charge in [0.05, 0.1) is 0 Å². The molecule has 0 aliphatic rings. The number of hydrogen-bond acceptors (Lipinski definition) is 0. The monoisotopic (exact) mass is 241 g/mol. The van der Waals surface area contributed by atoms with Gasteiger partial charge < -0.3 is 0 Å². The second kappa shape index (κ2) is 29.2. The number of hydrogen-bond donors (Lipinski definition) is 0. The van der Waals surface area contributed by atoms with Crippen molar-refractivity contribution < 1.29 is 72.6 Å². The third kappa shape index (κ3) is 20.0. The summed E-state index contributed by atoms with van der Waals surface area (Å²) in [4.78, 5) is 0. The molecule has 0 saturated heterocycles. The topological polar surface area (TPSA) is 0 Å². The van der Waals surface area contributed by atoms with E-state index in [9.17, 15) is 0 Å². The molecule has 0 rings (SSSR count). The summed E-state index contributed by atoms with van der Waals surface area (Å²) in [7, 11) is 0. The van der Waals surface area contributed by atoms with Crippen LogP contribution in [0.5, 0.6) is 0 Å². The van der Waals surface area contributed by atoms with Crippen LogP contribution in [0.15, 0.2) is 0 Å². The quantitative estimate of drug-likeness (QED) is 0.507. The average molecular weight is 241 g/mol. The molecular formula is AlCrFeNiTi. The van der Waals surface area contributed by atoms with Gasteiger partial charge in [-0.1, -0.05) is 0 Å². The standard InChI is InChI=1S/Al.Cr.Fe.Ni.Ti. The second-order valence-corrected chi connectivity index (χ2v) is 0. The summed E-state index contributed by atoms with van der Waals surface area (Å²) in [5.74, 6) is 0. The van der Waals surface area contributed by atoms with Crippen molar-refractivity contribution >= 4 is 17.4 Å². The first kappa shape index (κ1) is 46.1. The fraction of sp³-hybridized carbons (Fsp3) is 0. The molecule has 0 heterocycles. The van der Waals surface area contributed by atoms with Gasteiger partial charge in [0.2, 0.25) is 0 Å². The smallest absolute Gasteiger partial charge is 0 e. The molecule has 31 valence electrons. The Bertz CT molecular complexity index is 11.6. The Morgan fingerprint density at radius 3 is 1.00 bits per heavy atom. The van der Waals surface area contributed by atoms with Crippen molar-refractivity contribution in [2.24, 2.45) is 0 Å². The van der Waals surface area contributed by atoms with E-state index in [0.717, 1.165) is 0 Å².